The Bertz CT molecular complexity index is 906. The second-order valence-electron chi connectivity index (χ2n) is 7.42. The van der Waals surface area contributed by atoms with Crippen molar-refractivity contribution in [3.05, 3.63) is 70.6 Å². The summed E-state index contributed by atoms with van der Waals surface area (Å²) >= 11 is 0. The molecule has 0 spiro atoms. The van der Waals surface area contributed by atoms with Crippen LogP contribution in [0.25, 0.3) is 0 Å². The normalized spacial score (nSPS) is 17.6. The highest BCUT2D eigenvalue weighted by Crippen LogP contribution is 2.27. The van der Waals surface area contributed by atoms with E-state index in [2.05, 4.69) is 12.1 Å². The second-order valence-corrected chi connectivity index (χ2v) is 7.42. The lowest BCUT2D eigenvalue weighted by Crippen LogP contribution is -2.48. The van der Waals surface area contributed by atoms with Crippen LogP contribution in [0.1, 0.15) is 43.9 Å². The van der Waals surface area contributed by atoms with Gasteiger partial charge in [0.1, 0.15) is 11.5 Å². The number of carbonyl (C=O) groups excluding carboxylic acids is 1. The molecule has 150 valence electrons. The number of benzene rings is 2. The molecule has 2 aromatic carbocycles. The zero-order valence-electron chi connectivity index (χ0n) is 16.8. The number of nitrogens with one attached hydrogen (secondary N) is 1. The van der Waals surface area contributed by atoms with Crippen molar-refractivity contribution in [3.8, 4) is 0 Å². The Balaban J connectivity index is 1.94. The number of nitroso groups, excluding NO2 is 1. The van der Waals surface area contributed by atoms with Crippen LogP contribution in [0.4, 0.5) is 5.69 Å². The molecule has 0 aliphatic carbocycles. The van der Waals surface area contributed by atoms with Crippen molar-refractivity contribution >= 4 is 23.1 Å². The van der Waals surface area contributed by atoms with Crippen LogP contribution >= 0.6 is 0 Å². The summed E-state index contributed by atoms with van der Waals surface area (Å²) in [4.78, 5) is 30.1. The summed E-state index contributed by atoms with van der Waals surface area (Å²) in [6.45, 7) is 4.30. The van der Waals surface area contributed by atoms with Crippen LogP contribution < -0.4 is 0 Å². The van der Waals surface area contributed by atoms with Gasteiger partial charge in [0, 0.05) is 12.3 Å². The number of nitrogens with zero attached hydrogens (tertiary/aromatic N) is 3. The van der Waals surface area contributed by atoms with E-state index in [0.717, 1.165) is 24.0 Å². The minimum atomic E-state index is -0.277. The summed E-state index contributed by atoms with van der Waals surface area (Å²) < 4.78 is 0. The van der Waals surface area contributed by atoms with Crippen LogP contribution in [0.15, 0.2) is 64.8 Å². The van der Waals surface area contributed by atoms with Crippen LogP contribution in [0, 0.1) is 16.2 Å². The maximum Gasteiger partial charge on any atom is 0.231 e. The van der Waals surface area contributed by atoms with E-state index in [4.69, 9.17) is 10.4 Å². The Hall–Kier alpha value is -3.15. The van der Waals surface area contributed by atoms with E-state index in [0.29, 0.717) is 24.4 Å². The molecular weight excluding hydrogens is 364 g/mol. The van der Waals surface area contributed by atoms with Crippen molar-refractivity contribution in [2.75, 3.05) is 6.54 Å². The van der Waals surface area contributed by atoms with Crippen molar-refractivity contribution in [3.63, 3.8) is 0 Å². The monoisotopic (exact) mass is 390 g/mol. The fourth-order valence-electron chi connectivity index (χ4n) is 3.59. The van der Waals surface area contributed by atoms with Crippen molar-refractivity contribution in [2.45, 2.75) is 39.2 Å². The average Bonchev–Trinajstić information content (AvgIpc) is 2.75. The predicted molar refractivity (Wildman–Crippen MR) is 116 cm³/mol. The van der Waals surface area contributed by atoms with Gasteiger partial charge in [-0.1, -0.05) is 62.7 Å². The SMILES string of the molecule is CCCC(C)C(=O)N1CC(c2ccc(N=O)cc2)N=C(Cc2ccccc2)C1=N. The van der Waals surface area contributed by atoms with E-state index in [-0.39, 0.29) is 23.7 Å². The van der Waals surface area contributed by atoms with E-state index in [9.17, 15) is 9.70 Å². The van der Waals surface area contributed by atoms with Gasteiger partial charge < -0.3 is 0 Å². The van der Waals surface area contributed by atoms with Gasteiger partial charge in [0.2, 0.25) is 5.91 Å². The van der Waals surface area contributed by atoms with Gasteiger partial charge in [0.25, 0.3) is 0 Å². The molecule has 2 aromatic rings. The third-order valence-corrected chi connectivity index (χ3v) is 5.22. The topological polar surface area (TPSA) is 86.0 Å². The molecule has 0 fully saturated rings. The van der Waals surface area contributed by atoms with Gasteiger partial charge in [-0.2, -0.15) is 0 Å². The molecule has 6 heteroatoms. The first-order valence-electron chi connectivity index (χ1n) is 9.97. The number of rotatable bonds is 7. The quantitative estimate of drug-likeness (QED) is 0.670. The van der Waals surface area contributed by atoms with Gasteiger partial charge in [-0.15, -0.1) is 4.91 Å². The van der Waals surface area contributed by atoms with Crippen LogP contribution in [-0.4, -0.2) is 28.9 Å². The zero-order valence-corrected chi connectivity index (χ0v) is 16.8. The Kier molecular flexibility index (Phi) is 6.65. The maximum absolute atomic E-state index is 13.0. The van der Waals surface area contributed by atoms with E-state index in [1.807, 2.05) is 49.4 Å². The highest BCUT2D eigenvalue weighted by molar-refractivity contribution is 6.43. The van der Waals surface area contributed by atoms with Gasteiger partial charge in [0.05, 0.1) is 18.3 Å². The lowest BCUT2D eigenvalue weighted by Gasteiger charge is -2.34. The number of carbonyl (C=O) groups is 1. The van der Waals surface area contributed by atoms with Crippen molar-refractivity contribution < 1.29 is 4.79 Å². The van der Waals surface area contributed by atoms with Crippen LogP contribution in [0.5, 0.6) is 0 Å². The number of aliphatic imine (C=N–C) groups is 1. The fraction of sp³-hybridized carbons (Fsp3) is 0.348. The maximum atomic E-state index is 13.0. The molecule has 6 nitrogen and oxygen atoms in total. The Morgan fingerprint density at radius 2 is 1.90 bits per heavy atom. The number of amides is 1. The average molecular weight is 390 g/mol. The lowest BCUT2D eigenvalue weighted by molar-refractivity contribution is -0.131. The molecule has 1 aliphatic heterocycles. The number of hydrogen-bond donors (Lipinski definition) is 1. The van der Waals surface area contributed by atoms with Crippen LogP contribution in [-0.2, 0) is 11.2 Å². The molecule has 0 bridgehead atoms. The molecule has 2 atom stereocenters. The fourth-order valence-corrected chi connectivity index (χ4v) is 3.59. The van der Waals surface area contributed by atoms with Gasteiger partial charge in [-0.3, -0.25) is 20.1 Å². The first-order valence-corrected chi connectivity index (χ1v) is 9.97. The second kappa shape index (κ2) is 9.37. The van der Waals surface area contributed by atoms with Gasteiger partial charge in [0.15, 0.2) is 0 Å². The Morgan fingerprint density at radius 1 is 1.21 bits per heavy atom. The smallest absolute Gasteiger partial charge is 0.231 e. The highest BCUT2D eigenvalue weighted by Gasteiger charge is 2.33. The summed E-state index contributed by atoms with van der Waals surface area (Å²) in [5.74, 6) is 0.0106. The highest BCUT2D eigenvalue weighted by atomic mass is 16.3. The molecule has 1 amide bonds. The standard InChI is InChI=1S/C23H26N4O2/c1-3-7-16(2)23(28)27-15-21(18-10-12-19(26-29)13-11-18)25-20(22(27)24)14-17-8-5-4-6-9-17/h4-6,8-13,16,21,24H,3,7,14-15H2,1-2H3. The summed E-state index contributed by atoms with van der Waals surface area (Å²) in [5.41, 5.74) is 2.90. The van der Waals surface area contributed by atoms with Crippen LogP contribution in [0.3, 0.4) is 0 Å². The molecule has 1 aliphatic rings. The van der Waals surface area contributed by atoms with Gasteiger partial charge in [-0.25, -0.2) is 0 Å². The Labute approximate surface area is 171 Å². The lowest BCUT2D eigenvalue weighted by atomic mass is 9.98. The molecule has 0 aromatic heterocycles. The van der Waals surface area contributed by atoms with E-state index in [1.54, 1.807) is 17.0 Å². The van der Waals surface area contributed by atoms with Crippen molar-refractivity contribution in [1.82, 2.24) is 4.90 Å². The molecule has 1 heterocycles. The number of hydrogen-bond acceptors (Lipinski definition) is 5. The molecule has 0 saturated carbocycles. The minimum absolute atomic E-state index is 0.0338. The first kappa shape index (κ1) is 20.6. The number of amidine groups is 1. The third kappa shape index (κ3) is 4.83. The van der Waals surface area contributed by atoms with Crippen LogP contribution in [0.2, 0.25) is 0 Å². The third-order valence-electron chi connectivity index (χ3n) is 5.22. The van der Waals surface area contributed by atoms with Gasteiger partial charge >= 0.3 is 0 Å². The summed E-state index contributed by atoms with van der Waals surface area (Å²) in [5, 5.41) is 11.6. The predicted octanol–water partition coefficient (Wildman–Crippen LogP) is 5.06. The first-order chi connectivity index (χ1) is 14.0. The molecule has 0 radical (unpaired) electrons. The molecule has 0 saturated heterocycles. The molecular formula is C23H26N4O2. The summed E-state index contributed by atoms with van der Waals surface area (Å²) in [6.07, 6.45) is 2.21. The molecule has 29 heavy (non-hydrogen) atoms. The molecule has 3 rings (SSSR count). The van der Waals surface area contributed by atoms with Crippen molar-refractivity contribution in [1.29, 1.82) is 5.41 Å². The summed E-state index contributed by atoms with van der Waals surface area (Å²) in [7, 11) is 0. The Morgan fingerprint density at radius 3 is 2.52 bits per heavy atom. The largest absolute Gasteiger partial charge is 0.293 e. The molecule has 2 unspecified atom stereocenters. The van der Waals surface area contributed by atoms with Gasteiger partial charge in [-0.05, 0) is 34.9 Å². The minimum Gasteiger partial charge on any atom is -0.293 e. The summed E-state index contributed by atoms with van der Waals surface area (Å²) in [6, 6.07) is 16.5. The van der Waals surface area contributed by atoms with E-state index in [1.165, 1.54) is 0 Å². The zero-order chi connectivity index (χ0) is 20.8. The molecule has 1 N–H and O–H groups in total. The van der Waals surface area contributed by atoms with E-state index >= 15 is 0 Å². The van der Waals surface area contributed by atoms with Crippen molar-refractivity contribution in [2.24, 2.45) is 16.1 Å². The van der Waals surface area contributed by atoms with E-state index < -0.39 is 0 Å².